The number of phenolic OH excluding ortho intramolecular Hbond substituents is 1. The number of benzene rings is 1. The molecule has 0 spiro atoms. The molecule has 0 fully saturated rings. The molecule has 0 aliphatic heterocycles. The average Bonchev–Trinajstić information content (AvgIpc) is 2.19. The lowest BCUT2D eigenvalue weighted by molar-refractivity contribution is 0.447. The van der Waals surface area contributed by atoms with Crippen LogP contribution in [0.4, 0.5) is 0 Å². The van der Waals surface area contributed by atoms with Crippen molar-refractivity contribution in [3.63, 3.8) is 0 Å². The van der Waals surface area contributed by atoms with Crippen molar-refractivity contribution in [3.8, 4) is 5.75 Å². The normalized spacial score (nSPS) is 15.1. The maximum atomic E-state index is 9.73. The molecule has 14 heavy (non-hydrogen) atoms. The van der Waals surface area contributed by atoms with Crippen molar-refractivity contribution in [1.82, 2.24) is 0 Å². The smallest absolute Gasteiger partial charge is 0.119 e. The summed E-state index contributed by atoms with van der Waals surface area (Å²) in [5.74, 6) is 1.33. The highest BCUT2D eigenvalue weighted by Crippen LogP contribution is 2.32. The van der Waals surface area contributed by atoms with E-state index in [0.717, 1.165) is 10.9 Å². The van der Waals surface area contributed by atoms with Crippen LogP contribution in [0, 0.1) is 12.8 Å². The number of alkyl halides is 1. The second-order valence-electron chi connectivity index (χ2n) is 3.98. The van der Waals surface area contributed by atoms with Crippen LogP contribution in [0.3, 0.4) is 0 Å². The minimum Gasteiger partial charge on any atom is -0.508 e. The summed E-state index contributed by atoms with van der Waals surface area (Å²) in [6.45, 7) is 6.38. The fourth-order valence-corrected chi connectivity index (χ4v) is 2.04. The van der Waals surface area contributed by atoms with Crippen molar-refractivity contribution in [1.29, 1.82) is 0 Å². The molecule has 1 aromatic carbocycles. The highest BCUT2D eigenvalue weighted by molar-refractivity contribution is 9.09. The van der Waals surface area contributed by atoms with Gasteiger partial charge < -0.3 is 5.11 Å². The summed E-state index contributed by atoms with van der Waals surface area (Å²) in [6, 6.07) is 5.78. The van der Waals surface area contributed by atoms with E-state index in [4.69, 9.17) is 0 Å². The summed E-state index contributed by atoms with van der Waals surface area (Å²) in [4.78, 5) is 0. The third kappa shape index (κ3) is 2.50. The van der Waals surface area contributed by atoms with E-state index in [1.165, 1.54) is 5.56 Å². The number of hydrogen-bond donors (Lipinski definition) is 1. The summed E-state index contributed by atoms with van der Waals surface area (Å²) in [6.07, 6.45) is 0. The Kier molecular flexibility index (Phi) is 3.99. The van der Waals surface area contributed by atoms with Gasteiger partial charge in [0, 0.05) is 5.33 Å². The van der Waals surface area contributed by atoms with E-state index >= 15 is 0 Å². The Hall–Kier alpha value is -0.500. The van der Waals surface area contributed by atoms with Crippen molar-refractivity contribution < 1.29 is 5.11 Å². The molecule has 0 amide bonds. The van der Waals surface area contributed by atoms with Crippen LogP contribution < -0.4 is 0 Å². The zero-order valence-electron chi connectivity index (χ0n) is 8.92. The summed E-state index contributed by atoms with van der Waals surface area (Å²) < 4.78 is 0. The summed E-state index contributed by atoms with van der Waals surface area (Å²) in [5, 5.41) is 10.7. The molecule has 78 valence electrons. The molecule has 0 radical (unpaired) electrons. The lowest BCUT2D eigenvalue weighted by Crippen LogP contribution is -2.07. The van der Waals surface area contributed by atoms with Crippen molar-refractivity contribution in [2.45, 2.75) is 26.7 Å². The van der Waals surface area contributed by atoms with Gasteiger partial charge >= 0.3 is 0 Å². The summed E-state index contributed by atoms with van der Waals surface area (Å²) >= 11 is 3.47. The van der Waals surface area contributed by atoms with Crippen molar-refractivity contribution >= 4 is 15.9 Å². The van der Waals surface area contributed by atoms with Crippen LogP contribution in [0.5, 0.6) is 5.75 Å². The lowest BCUT2D eigenvalue weighted by Gasteiger charge is -2.19. The zero-order chi connectivity index (χ0) is 10.7. The monoisotopic (exact) mass is 256 g/mol. The molecule has 0 aromatic heterocycles. The third-order valence-electron chi connectivity index (χ3n) is 2.77. The van der Waals surface area contributed by atoms with Crippen LogP contribution >= 0.6 is 15.9 Å². The SMILES string of the molecule is Cc1ccc(O)c(C(C)C(C)CBr)c1. The molecular formula is C12H17BrO. The minimum atomic E-state index is 0.384. The van der Waals surface area contributed by atoms with E-state index in [1.807, 2.05) is 6.07 Å². The van der Waals surface area contributed by atoms with Crippen LogP contribution in [0.15, 0.2) is 18.2 Å². The number of halogens is 1. The second-order valence-corrected chi connectivity index (χ2v) is 4.63. The van der Waals surface area contributed by atoms with Gasteiger partial charge in [0.2, 0.25) is 0 Å². The molecule has 1 N–H and O–H groups in total. The van der Waals surface area contributed by atoms with Gasteiger partial charge in [0.25, 0.3) is 0 Å². The number of rotatable bonds is 3. The van der Waals surface area contributed by atoms with Gasteiger partial charge in [-0.25, -0.2) is 0 Å². The van der Waals surface area contributed by atoms with Gasteiger partial charge in [0.1, 0.15) is 5.75 Å². The van der Waals surface area contributed by atoms with Gasteiger partial charge in [-0.3, -0.25) is 0 Å². The number of hydrogen-bond acceptors (Lipinski definition) is 1. The molecule has 0 saturated heterocycles. The Bertz CT molecular complexity index is 309. The number of aromatic hydroxyl groups is 1. The first-order valence-corrected chi connectivity index (χ1v) is 6.04. The molecule has 0 heterocycles. The largest absolute Gasteiger partial charge is 0.508 e. The highest BCUT2D eigenvalue weighted by Gasteiger charge is 2.16. The van der Waals surface area contributed by atoms with Crippen LogP contribution in [-0.4, -0.2) is 10.4 Å². The molecular weight excluding hydrogens is 240 g/mol. The van der Waals surface area contributed by atoms with E-state index in [0.29, 0.717) is 17.6 Å². The van der Waals surface area contributed by atoms with E-state index in [9.17, 15) is 5.11 Å². The first-order valence-electron chi connectivity index (χ1n) is 4.91. The Labute approximate surface area is 94.3 Å². The molecule has 2 heteroatoms. The van der Waals surface area contributed by atoms with Gasteiger partial charge in [-0.05, 0) is 30.4 Å². The molecule has 0 bridgehead atoms. The molecule has 1 nitrogen and oxygen atoms in total. The Balaban J connectivity index is 2.99. The van der Waals surface area contributed by atoms with Gasteiger partial charge in [0.15, 0.2) is 0 Å². The van der Waals surface area contributed by atoms with E-state index in [2.05, 4.69) is 42.8 Å². The molecule has 2 atom stereocenters. The highest BCUT2D eigenvalue weighted by atomic mass is 79.9. The number of aryl methyl sites for hydroxylation is 1. The van der Waals surface area contributed by atoms with Gasteiger partial charge in [-0.15, -0.1) is 0 Å². The van der Waals surface area contributed by atoms with Gasteiger partial charge in [-0.2, -0.15) is 0 Å². The second kappa shape index (κ2) is 4.83. The first kappa shape index (κ1) is 11.6. The van der Waals surface area contributed by atoms with E-state index in [1.54, 1.807) is 6.07 Å². The van der Waals surface area contributed by atoms with Crippen LogP contribution in [0.25, 0.3) is 0 Å². The van der Waals surface area contributed by atoms with Crippen molar-refractivity contribution in [2.24, 2.45) is 5.92 Å². The molecule has 1 rings (SSSR count). The summed E-state index contributed by atoms with van der Waals surface area (Å²) in [5.41, 5.74) is 2.25. The minimum absolute atomic E-state index is 0.384. The van der Waals surface area contributed by atoms with E-state index < -0.39 is 0 Å². The Morgan fingerprint density at radius 3 is 2.57 bits per heavy atom. The standard InChI is InChI=1S/C12H17BrO/c1-8-4-5-12(14)11(6-8)10(3)9(2)7-13/h4-6,9-10,14H,7H2,1-3H3. The Morgan fingerprint density at radius 1 is 1.36 bits per heavy atom. The maximum absolute atomic E-state index is 9.73. The predicted octanol–water partition coefficient (Wildman–Crippen LogP) is 3.84. The van der Waals surface area contributed by atoms with Crippen LogP contribution in [0.1, 0.15) is 30.9 Å². The van der Waals surface area contributed by atoms with Crippen molar-refractivity contribution in [3.05, 3.63) is 29.3 Å². The lowest BCUT2D eigenvalue weighted by atomic mass is 9.89. The van der Waals surface area contributed by atoms with E-state index in [-0.39, 0.29) is 0 Å². The third-order valence-corrected chi connectivity index (χ3v) is 3.79. The quantitative estimate of drug-likeness (QED) is 0.816. The fourth-order valence-electron chi connectivity index (χ4n) is 1.48. The zero-order valence-corrected chi connectivity index (χ0v) is 10.5. The van der Waals surface area contributed by atoms with Crippen LogP contribution in [0.2, 0.25) is 0 Å². The molecule has 1 aromatic rings. The molecule has 2 unspecified atom stereocenters. The summed E-state index contributed by atoms with van der Waals surface area (Å²) in [7, 11) is 0. The molecule has 0 aliphatic rings. The van der Waals surface area contributed by atoms with Crippen molar-refractivity contribution in [2.75, 3.05) is 5.33 Å². The first-order chi connectivity index (χ1) is 6.56. The fraction of sp³-hybridized carbons (Fsp3) is 0.500. The van der Waals surface area contributed by atoms with Crippen LogP contribution in [-0.2, 0) is 0 Å². The van der Waals surface area contributed by atoms with Gasteiger partial charge in [0.05, 0.1) is 0 Å². The van der Waals surface area contributed by atoms with Gasteiger partial charge in [-0.1, -0.05) is 47.5 Å². The topological polar surface area (TPSA) is 20.2 Å². The Morgan fingerprint density at radius 2 is 2.00 bits per heavy atom. The predicted molar refractivity (Wildman–Crippen MR) is 64.2 cm³/mol. The number of phenols is 1. The molecule has 0 aliphatic carbocycles. The maximum Gasteiger partial charge on any atom is 0.119 e. The average molecular weight is 257 g/mol. The molecule has 0 saturated carbocycles.